The van der Waals surface area contributed by atoms with E-state index in [2.05, 4.69) is 45.9 Å². The molecule has 12 heterocycles. The molecular weight excluding hydrogens is 650 g/mol. The van der Waals surface area contributed by atoms with Gasteiger partial charge in [0.05, 0.1) is 0 Å². The molecule has 0 N–H and O–H groups in total. The molecule has 0 radical (unpaired) electrons. The fourth-order valence-corrected chi connectivity index (χ4v) is 119. The van der Waals surface area contributed by atoms with Gasteiger partial charge in [-0.25, -0.2) is 0 Å². The first-order valence-corrected chi connectivity index (χ1v) is 28.8. The van der Waals surface area contributed by atoms with Crippen LogP contribution in [0.5, 0.6) is 0 Å². The zero-order valence-electron chi connectivity index (χ0n) is 27.6. The summed E-state index contributed by atoms with van der Waals surface area (Å²) in [6.07, 6.45) is 27.1. The first-order valence-electron chi connectivity index (χ1n) is 20.4. The van der Waals surface area contributed by atoms with Crippen LogP contribution in [0.4, 0.5) is 0 Å². The van der Waals surface area contributed by atoms with Gasteiger partial charge >= 0.3 is 275 Å². The number of rotatable bonds is 7. The Hall–Kier alpha value is -0.321. The van der Waals surface area contributed by atoms with Gasteiger partial charge < -0.3 is 0 Å². The maximum absolute atomic E-state index is 4.91. The Morgan fingerprint density at radius 1 is 0.638 bits per heavy atom. The first kappa shape index (κ1) is 24.0. The molecule has 10 aliphatic heterocycles. The quantitative estimate of drug-likeness (QED) is 0.212. The SMILES string of the molecule is PC(c1cccnc1)(c1cccnc1)[C]12[CH]3[CH]4[CH]5[C]1(CP(C1C6CC7CC(C6)CC1C7)C1C6CC7CC(C6)CC1C7)[Fe]45321678[CH]2[CH]1[CH]6[CH]7[CH]28. The number of hydrogen-bond donors (Lipinski definition) is 0. The van der Waals surface area contributed by atoms with Crippen LogP contribution in [0, 0.1) is 47.3 Å². The van der Waals surface area contributed by atoms with E-state index in [1.165, 1.54) is 49.8 Å². The summed E-state index contributed by atoms with van der Waals surface area (Å²) in [5, 5.41) is 0.0645. The summed E-state index contributed by atoms with van der Waals surface area (Å²) in [6, 6.07) is 9.65. The van der Waals surface area contributed by atoms with Crippen LogP contribution in [-0.2, 0) is 11.7 Å². The molecule has 8 bridgehead atoms. The molecule has 2 aromatic rings. The van der Waals surface area contributed by atoms with Crippen molar-refractivity contribution in [3.8, 4) is 0 Å². The van der Waals surface area contributed by atoms with Gasteiger partial charge in [-0.05, 0) is 0 Å². The van der Waals surface area contributed by atoms with E-state index in [-0.39, 0.29) is 13.1 Å². The van der Waals surface area contributed by atoms with Gasteiger partial charge in [-0.2, -0.15) is 0 Å². The number of nitrogens with zero attached hydrogens (tertiary/aromatic N) is 2. The van der Waals surface area contributed by atoms with Crippen LogP contribution in [0.1, 0.15) is 75.3 Å². The van der Waals surface area contributed by atoms with E-state index in [0.717, 1.165) is 51.7 Å². The van der Waals surface area contributed by atoms with E-state index in [1.54, 1.807) is 75.3 Å². The fourth-order valence-electron chi connectivity index (χ4n) is 30.0. The van der Waals surface area contributed by atoms with Crippen LogP contribution in [-0.4, -0.2) is 27.4 Å². The Bertz CT molecular complexity index is 2160. The van der Waals surface area contributed by atoms with Gasteiger partial charge in [0.1, 0.15) is 0 Å². The Balaban J connectivity index is 0.902. The minimum atomic E-state index is -3.90. The molecule has 2 nitrogen and oxygen atoms in total. The molecule has 6 atom stereocenters. The van der Waals surface area contributed by atoms with Crippen molar-refractivity contribution in [2.45, 2.75) is 128 Å². The molecule has 1 spiro atoms. The van der Waals surface area contributed by atoms with Crippen molar-refractivity contribution in [1.29, 1.82) is 0 Å². The van der Waals surface area contributed by atoms with Crippen molar-refractivity contribution >= 4 is 17.2 Å². The molecule has 20 rings (SSSR count). The summed E-state index contributed by atoms with van der Waals surface area (Å²) < 4.78 is 1.53. The van der Waals surface area contributed by atoms with Crippen LogP contribution in [0.25, 0.3) is 0 Å². The second-order valence-corrected chi connectivity index (χ2v) is 50.4. The topological polar surface area (TPSA) is 25.8 Å². The predicted octanol–water partition coefficient (Wildman–Crippen LogP) is 10.9. The van der Waals surface area contributed by atoms with Gasteiger partial charge in [0, 0.05) is 0 Å². The van der Waals surface area contributed by atoms with Crippen molar-refractivity contribution in [1.82, 2.24) is 9.97 Å². The molecule has 18 aliphatic rings. The third-order valence-corrected chi connectivity index (χ3v) is 76.8. The molecule has 6 unspecified atom stereocenters. The summed E-state index contributed by atoms with van der Waals surface area (Å²) >= 11 is 0. The molecule has 47 heavy (non-hydrogen) atoms. The summed E-state index contributed by atoms with van der Waals surface area (Å²) in [4.78, 5) is 20.4. The van der Waals surface area contributed by atoms with Gasteiger partial charge in [0.2, 0.25) is 0 Å². The van der Waals surface area contributed by atoms with Gasteiger partial charge in [0.25, 0.3) is 0 Å². The van der Waals surface area contributed by atoms with E-state index >= 15 is 0 Å². The van der Waals surface area contributed by atoms with Crippen molar-refractivity contribution in [3.05, 3.63) is 60.2 Å². The van der Waals surface area contributed by atoms with Crippen molar-refractivity contribution in [2.75, 3.05) is 6.16 Å². The van der Waals surface area contributed by atoms with E-state index in [9.17, 15) is 0 Å². The van der Waals surface area contributed by atoms with Crippen molar-refractivity contribution in [2.24, 2.45) is 47.3 Å². The van der Waals surface area contributed by atoms with Crippen LogP contribution >= 0.6 is 17.2 Å². The van der Waals surface area contributed by atoms with Crippen LogP contribution in [0.3, 0.4) is 0 Å². The predicted molar refractivity (Wildman–Crippen MR) is 188 cm³/mol. The van der Waals surface area contributed by atoms with Gasteiger partial charge in [-0.1, -0.05) is 0 Å². The van der Waals surface area contributed by atoms with E-state index in [4.69, 9.17) is 9.97 Å². The fraction of sp³-hybridized carbons (Fsp3) is 0.762. The van der Waals surface area contributed by atoms with Gasteiger partial charge in [-0.3, -0.25) is 0 Å². The average molecular weight is 701 g/mol. The Kier molecular flexibility index (Phi) is 2.17. The van der Waals surface area contributed by atoms with E-state index in [0.29, 0.717) is 4.31 Å². The molecule has 18 fully saturated rings. The summed E-state index contributed by atoms with van der Waals surface area (Å²) in [6.45, 7) is -3.90. The second kappa shape index (κ2) is 4.24. The third kappa shape index (κ3) is 0.787. The molecule has 8 saturated carbocycles. The molecule has 2 aromatic heterocycles. The maximum atomic E-state index is 4.91. The number of hydrogen-bond acceptors (Lipinski definition) is 2. The Morgan fingerprint density at radius 2 is 1.09 bits per heavy atom. The average Bonchev–Trinajstić information content (AvgIpc) is 4.03. The van der Waals surface area contributed by atoms with Crippen molar-refractivity contribution < 1.29 is 6.51 Å². The molecule has 0 amide bonds. The van der Waals surface area contributed by atoms with Crippen LogP contribution in [0.15, 0.2) is 49.1 Å². The molecular formula is C42H50FeN2P2. The number of aromatic nitrogens is 2. The number of fused-ring (bicyclic) bond motifs is 10. The second-order valence-electron chi connectivity index (χ2n) is 23.7. The van der Waals surface area contributed by atoms with Crippen LogP contribution in [0.2, 0.25) is 47.2 Å². The monoisotopic (exact) mass is 700 g/mol. The Labute approximate surface area is 273 Å². The summed E-state index contributed by atoms with van der Waals surface area (Å²) in [5.41, 5.74) is 5.49. The first-order chi connectivity index (χ1) is 22.8. The van der Waals surface area contributed by atoms with Gasteiger partial charge in [0.15, 0.2) is 0 Å². The molecule has 5 heteroatoms. The zero-order chi connectivity index (χ0) is 29.8. The number of pyridine rings is 2. The summed E-state index contributed by atoms with van der Waals surface area (Å²) in [7, 11) is 3.90. The summed E-state index contributed by atoms with van der Waals surface area (Å²) in [5.74, 6) is 9.03. The molecule has 0 aromatic carbocycles. The Morgan fingerprint density at radius 3 is 1.45 bits per heavy atom. The zero-order valence-corrected chi connectivity index (χ0v) is 30.7. The van der Waals surface area contributed by atoms with E-state index in [1.807, 2.05) is 18.6 Å². The third-order valence-electron chi connectivity index (χ3n) is 27.5. The normalized spacial score (nSPS) is 76.6. The van der Waals surface area contributed by atoms with E-state index < -0.39 is 6.51 Å². The molecule has 246 valence electrons. The van der Waals surface area contributed by atoms with Crippen LogP contribution < -0.4 is 0 Å². The van der Waals surface area contributed by atoms with Gasteiger partial charge in [-0.15, -0.1) is 0 Å². The standard InChI is InChI=1S/C37H45N2P2.C5H5.Fe/c40-37(32-5-2-8-38-20-32,33-6-3-9-39-21-33)34-7-1-4-27(34)22-41(35-28-12-23-10-24(14-28)15-29(35)13-23)36-30-16-25-11-26(18-30)19-31(36)17-25;1-2-4-5-3-1;/h1-9,20-21,23-26,28-31,35-36H,10-19,22,40H2;1-5H;. The minimum absolute atomic E-state index is 0.0645. The molecule has 10 saturated heterocycles. The molecule has 8 aliphatic carbocycles. The van der Waals surface area contributed by atoms with Crippen molar-refractivity contribution in [3.63, 3.8) is 0 Å².